The van der Waals surface area contributed by atoms with Crippen molar-refractivity contribution in [3.63, 3.8) is 0 Å². The fraction of sp³-hybridized carbons (Fsp3) is 0. The van der Waals surface area contributed by atoms with Crippen molar-refractivity contribution in [1.82, 2.24) is 10.2 Å². The molecular weight excluding hydrogens is 190 g/mol. The Bertz CT molecular complexity index is 314. The van der Waals surface area contributed by atoms with E-state index in [1.165, 1.54) is 11.3 Å². The van der Waals surface area contributed by atoms with Crippen molar-refractivity contribution in [2.24, 2.45) is 4.99 Å². The minimum absolute atomic E-state index is 0.698. The van der Waals surface area contributed by atoms with Crippen LogP contribution in [0.5, 0.6) is 0 Å². The molecule has 60 valence electrons. The molecule has 0 fully saturated rings. The van der Waals surface area contributed by atoms with Crippen molar-refractivity contribution in [1.29, 1.82) is 0 Å². The molecule has 0 aliphatic carbocycles. The van der Waals surface area contributed by atoms with E-state index in [0.717, 1.165) is 4.88 Å². The fourth-order valence-corrected chi connectivity index (χ4v) is 1.69. The minimum atomic E-state index is 0.698. The Morgan fingerprint density at radius 3 is 3.08 bits per heavy atom. The van der Waals surface area contributed by atoms with Crippen LogP contribution in [-0.2, 0) is 0 Å². The normalized spacial score (nSPS) is 11.0. The van der Waals surface area contributed by atoms with E-state index in [1.54, 1.807) is 23.1 Å². The first-order valence-electron chi connectivity index (χ1n) is 3.29. The third kappa shape index (κ3) is 1.75. The molecule has 0 aliphatic rings. The molecule has 3 nitrogen and oxygen atoms in total. The van der Waals surface area contributed by atoms with Crippen LogP contribution in [0, 0.1) is 0 Å². The molecule has 0 amide bonds. The van der Waals surface area contributed by atoms with Crippen molar-refractivity contribution >= 4 is 34.0 Å². The molecule has 0 atom stereocenters. The van der Waals surface area contributed by atoms with Gasteiger partial charge in [0.25, 0.3) is 0 Å². The summed E-state index contributed by atoms with van der Waals surface area (Å²) in [6.45, 7) is 0. The van der Waals surface area contributed by atoms with Gasteiger partial charge in [0.2, 0.25) is 5.13 Å². The predicted molar refractivity (Wildman–Crippen MR) is 51.5 cm³/mol. The summed E-state index contributed by atoms with van der Waals surface area (Å²) in [5.74, 6) is 0. The highest BCUT2D eigenvalue weighted by atomic mass is 32.1. The summed E-state index contributed by atoms with van der Waals surface area (Å²) >= 11 is 3.08. The number of thiophene rings is 1. The van der Waals surface area contributed by atoms with Crippen molar-refractivity contribution in [3.8, 4) is 0 Å². The standard InChI is InChI=1S/C7H5N3S2/c1-2-6(11-3-1)4-8-7-10-9-5-12-7/h1-5H/b8-4+. The van der Waals surface area contributed by atoms with Gasteiger partial charge in [-0.05, 0) is 11.4 Å². The van der Waals surface area contributed by atoms with Crippen LogP contribution in [0.15, 0.2) is 28.0 Å². The highest BCUT2D eigenvalue weighted by Crippen LogP contribution is 2.13. The predicted octanol–water partition coefficient (Wildman–Crippen LogP) is 2.35. The molecule has 12 heavy (non-hydrogen) atoms. The summed E-state index contributed by atoms with van der Waals surface area (Å²) in [5, 5.41) is 10.2. The SMILES string of the molecule is C(=N\c1nncs1)/c1cccs1. The molecular formula is C7H5N3S2. The largest absolute Gasteiger partial charge is 0.231 e. The van der Waals surface area contributed by atoms with Gasteiger partial charge in [-0.2, -0.15) is 0 Å². The Balaban J connectivity index is 2.14. The molecule has 2 aromatic heterocycles. The van der Waals surface area contributed by atoms with Gasteiger partial charge in [-0.1, -0.05) is 17.4 Å². The molecule has 2 rings (SSSR count). The summed E-state index contributed by atoms with van der Waals surface area (Å²) < 4.78 is 0. The summed E-state index contributed by atoms with van der Waals surface area (Å²) in [4.78, 5) is 5.27. The fourth-order valence-electron chi connectivity index (χ4n) is 0.707. The zero-order valence-corrected chi connectivity index (χ0v) is 7.68. The molecule has 0 spiro atoms. The van der Waals surface area contributed by atoms with Crippen molar-refractivity contribution in [2.75, 3.05) is 0 Å². The summed E-state index contributed by atoms with van der Waals surface area (Å²) in [5.41, 5.74) is 1.67. The zero-order valence-electron chi connectivity index (χ0n) is 6.04. The van der Waals surface area contributed by atoms with Gasteiger partial charge in [-0.3, -0.25) is 0 Å². The van der Waals surface area contributed by atoms with E-state index in [9.17, 15) is 0 Å². The zero-order chi connectivity index (χ0) is 8.23. The quantitative estimate of drug-likeness (QED) is 0.690. The van der Waals surface area contributed by atoms with Crippen molar-refractivity contribution in [2.45, 2.75) is 0 Å². The monoisotopic (exact) mass is 195 g/mol. The number of hydrogen-bond donors (Lipinski definition) is 0. The lowest BCUT2D eigenvalue weighted by Crippen LogP contribution is -1.70. The van der Waals surface area contributed by atoms with Crippen LogP contribution in [0.3, 0.4) is 0 Å². The van der Waals surface area contributed by atoms with E-state index in [4.69, 9.17) is 0 Å². The lowest BCUT2D eigenvalue weighted by atomic mass is 10.5. The van der Waals surface area contributed by atoms with Gasteiger partial charge in [0.1, 0.15) is 5.51 Å². The second kappa shape index (κ2) is 3.55. The van der Waals surface area contributed by atoms with Gasteiger partial charge in [-0.25, -0.2) is 4.99 Å². The highest BCUT2D eigenvalue weighted by Gasteiger charge is 1.90. The molecule has 0 saturated heterocycles. The molecule has 0 unspecified atom stereocenters. The van der Waals surface area contributed by atoms with Gasteiger partial charge in [0, 0.05) is 11.1 Å². The van der Waals surface area contributed by atoms with Gasteiger partial charge in [-0.15, -0.1) is 21.5 Å². The first-order valence-corrected chi connectivity index (χ1v) is 5.05. The molecule has 0 bridgehead atoms. The van der Waals surface area contributed by atoms with E-state index < -0.39 is 0 Å². The van der Waals surface area contributed by atoms with Crippen molar-refractivity contribution < 1.29 is 0 Å². The van der Waals surface area contributed by atoms with Gasteiger partial charge in [0.05, 0.1) is 0 Å². The minimum Gasteiger partial charge on any atom is -0.225 e. The van der Waals surface area contributed by atoms with E-state index >= 15 is 0 Å². The number of rotatable bonds is 2. The van der Waals surface area contributed by atoms with Crippen LogP contribution < -0.4 is 0 Å². The van der Waals surface area contributed by atoms with Crippen LogP contribution >= 0.6 is 22.7 Å². The molecule has 0 aliphatic heterocycles. The maximum absolute atomic E-state index is 4.14. The first kappa shape index (κ1) is 7.57. The van der Waals surface area contributed by atoms with E-state index in [2.05, 4.69) is 15.2 Å². The molecule has 0 N–H and O–H groups in total. The number of aromatic nitrogens is 2. The van der Waals surface area contributed by atoms with Crippen LogP contribution in [0.2, 0.25) is 0 Å². The summed E-state index contributed by atoms with van der Waals surface area (Å²) in [7, 11) is 0. The number of aliphatic imine (C=N–C) groups is 1. The van der Waals surface area contributed by atoms with E-state index in [0.29, 0.717) is 5.13 Å². The Morgan fingerprint density at radius 1 is 1.42 bits per heavy atom. The maximum Gasteiger partial charge on any atom is 0.231 e. The molecule has 0 aromatic carbocycles. The summed E-state index contributed by atoms with van der Waals surface area (Å²) in [6, 6.07) is 4.00. The Kier molecular flexibility index (Phi) is 2.24. The van der Waals surface area contributed by atoms with Gasteiger partial charge < -0.3 is 0 Å². The van der Waals surface area contributed by atoms with Crippen LogP contribution in [-0.4, -0.2) is 16.4 Å². The highest BCUT2D eigenvalue weighted by molar-refractivity contribution is 7.13. The Hall–Kier alpha value is -1.07. The number of nitrogens with zero attached hydrogens (tertiary/aromatic N) is 3. The third-order valence-corrected chi connectivity index (χ3v) is 2.60. The summed E-state index contributed by atoms with van der Waals surface area (Å²) in [6.07, 6.45) is 1.80. The lowest BCUT2D eigenvalue weighted by Gasteiger charge is -1.80. The number of hydrogen-bond acceptors (Lipinski definition) is 5. The Labute approximate surface area is 77.4 Å². The van der Waals surface area contributed by atoms with E-state index in [1.807, 2.05) is 17.5 Å². The van der Waals surface area contributed by atoms with Crippen LogP contribution in [0.1, 0.15) is 4.88 Å². The molecule has 2 aromatic rings. The third-order valence-electron chi connectivity index (χ3n) is 1.19. The van der Waals surface area contributed by atoms with Crippen LogP contribution in [0.25, 0.3) is 0 Å². The second-order valence-electron chi connectivity index (χ2n) is 1.99. The maximum atomic E-state index is 4.14. The van der Waals surface area contributed by atoms with E-state index in [-0.39, 0.29) is 0 Å². The molecule has 5 heteroatoms. The average molecular weight is 195 g/mol. The second-order valence-corrected chi connectivity index (χ2v) is 3.79. The van der Waals surface area contributed by atoms with Gasteiger partial charge in [0.15, 0.2) is 0 Å². The van der Waals surface area contributed by atoms with Crippen molar-refractivity contribution in [3.05, 3.63) is 27.9 Å². The van der Waals surface area contributed by atoms with Crippen LogP contribution in [0.4, 0.5) is 5.13 Å². The average Bonchev–Trinajstić information content (AvgIpc) is 2.74. The molecule has 0 radical (unpaired) electrons. The first-order chi connectivity index (χ1) is 5.95. The lowest BCUT2D eigenvalue weighted by molar-refractivity contribution is 1.08. The Morgan fingerprint density at radius 2 is 2.42 bits per heavy atom. The molecule has 2 heterocycles. The topological polar surface area (TPSA) is 38.1 Å². The molecule has 0 saturated carbocycles. The smallest absolute Gasteiger partial charge is 0.225 e. The van der Waals surface area contributed by atoms with Gasteiger partial charge >= 0.3 is 0 Å².